The van der Waals surface area contributed by atoms with Crippen molar-refractivity contribution in [2.24, 2.45) is 0 Å². The fourth-order valence-electron chi connectivity index (χ4n) is 2.12. The highest BCUT2D eigenvalue weighted by Gasteiger charge is 2.25. The highest BCUT2D eigenvalue weighted by Crippen LogP contribution is 2.24. The van der Waals surface area contributed by atoms with E-state index >= 15 is 0 Å². The van der Waals surface area contributed by atoms with E-state index in [2.05, 4.69) is 33.4 Å². The molecule has 0 spiro atoms. The summed E-state index contributed by atoms with van der Waals surface area (Å²) in [5.41, 5.74) is 0. The average molecular weight is 211 g/mol. The maximum Gasteiger partial charge on any atom is 0.438 e. The lowest BCUT2D eigenvalue weighted by atomic mass is 9.96. The topological polar surface area (TPSA) is 62.1 Å². The molecule has 1 aromatic heterocycles. The van der Waals surface area contributed by atoms with E-state index in [1.54, 1.807) is 0 Å². The predicted octanol–water partition coefficient (Wildman–Crippen LogP) is 0.951. The summed E-state index contributed by atoms with van der Waals surface area (Å²) in [5, 5.41) is 3.76. The first-order chi connectivity index (χ1) is 7.16. The summed E-state index contributed by atoms with van der Waals surface area (Å²) in [6, 6.07) is 0.548. The summed E-state index contributed by atoms with van der Waals surface area (Å²) >= 11 is 0. The number of nitrogens with one attached hydrogen (secondary N) is 1. The largest absolute Gasteiger partial charge is 0.438 e. The summed E-state index contributed by atoms with van der Waals surface area (Å²) in [4.78, 5) is 15.9. The molecule has 0 amide bonds. The van der Waals surface area contributed by atoms with Crippen molar-refractivity contribution in [2.75, 3.05) is 13.1 Å². The fourth-order valence-corrected chi connectivity index (χ4v) is 2.12. The monoisotopic (exact) mass is 211 g/mol. The van der Waals surface area contributed by atoms with Crippen molar-refractivity contribution in [1.82, 2.24) is 15.0 Å². The Labute approximate surface area is 88.5 Å². The third kappa shape index (κ3) is 2.28. The smallest absolute Gasteiger partial charge is 0.300 e. The number of rotatable bonds is 2. The van der Waals surface area contributed by atoms with E-state index in [1.807, 2.05) is 0 Å². The normalized spacial score (nSPS) is 23.5. The van der Waals surface area contributed by atoms with Crippen LogP contribution in [0.25, 0.3) is 0 Å². The van der Waals surface area contributed by atoms with E-state index in [-0.39, 0.29) is 0 Å². The van der Waals surface area contributed by atoms with Crippen molar-refractivity contribution >= 4 is 0 Å². The highest BCUT2D eigenvalue weighted by atomic mass is 16.5. The van der Waals surface area contributed by atoms with Gasteiger partial charge in [-0.05, 0) is 33.2 Å². The summed E-state index contributed by atoms with van der Waals surface area (Å²) < 4.78 is 4.53. The van der Waals surface area contributed by atoms with Gasteiger partial charge in [-0.15, -0.1) is 0 Å². The van der Waals surface area contributed by atoms with Crippen molar-refractivity contribution in [3.8, 4) is 0 Å². The van der Waals surface area contributed by atoms with Crippen LogP contribution in [0.2, 0.25) is 0 Å². The Morgan fingerprint density at radius 2 is 2.40 bits per heavy atom. The molecule has 5 heteroatoms. The van der Waals surface area contributed by atoms with Crippen LogP contribution in [-0.2, 0) is 0 Å². The molecule has 1 saturated heterocycles. The average Bonchev–Trinajstić information content (AvgIpc) is 2.65. The molecule has 0 radical (unpaired) electrons. The van der Waals surface area contributed by atoms with Gasteiger partial charge in [-0.25, -0.2) is 4.79 Å². The standard InChI is InChI=1S/C10H17N3O2/c1-7(2)13-5-3-4-8(6-13)9-11-10(14)15-12-9/h7-8H,3-6H2,1-2H3,(H,11,12,14). The predicted molar refractivity (Wildman–Crippen MR) is 55.8 cm³/mol. The number of aromatic nitrogens is 2. The van der Waals surface area contributed by atoms with Crippen LogP contribution < -0.4 is 5.76 Å². The molecular weight excluding hydrogens is 194 g/mol. The molecule has 1 aromatic rings. The SMILES string of the molecule is CC(C)N1CCCC(c2noc(=O)[nH]2)C1. The van der Waals surface area contributed by atoms with Gasteiger partial charge in [-0.2, -0.15) is 0 Å². The summed E-state index contributed by atoms with van der Waals surface area (Å²) in [6.45, 7) is 6.47. The van der Waals surface area contributed by atoms with Gasteiger partial charge in [0.25, 0.3) is 0 Å². The van der Waals surface area contributed by atoms with Crippen LogP contribution in [0.3, 0.4) is 0 Å². The molecule has 0 aromatic carbocycles. The maximum atomic E-state index is 10.8. The van der Waals surface area contributed by atoms with Gasteiger partial charge in [-0.1, -0.05) is 5.16 Å². The number of nitrogens with zero attached hydrogens (tertiary/aromatic N) is 2. The van der Waals surface area contributed by atoms with Crippen molar-refractivity contribution in [1.29, 1.82) is 0 Å². The molecule has 5 nitrogen and oxygen atoms in total. The molecule has 1 atom stereocenters. The molecule has 2 heterocycles. The van der Waals surface area contributed by atoms with Gasteiger partial charge in [0.15, 0.2) is 5.82 Å². The van der Waals surface area contributed by atoms with Crippen molar-refractivity contribution in [3.63, 3.8) is 0 Å². The van der Waals surface area contributed by atoms with E-state index in [0.717, 1.165) is 25.9 Å². The first-order valence-electron chi connectivity index (χ1n) is 5.46. The van der Waals surface area contributed by atoms with Crippen LogP contribution in [0.4, 0.5) is 0 Å². The van der Waals surface area contributed by atoms with Gasteiger partial charge in [0, 0.05) is 18.5 Å². The number of aromatic amines is 1. The van der Waals surface area contributed by atoms with Crippen molar-refractivity contribution in [3.05, 3.63) is 16.4 Å². The van der Waals surface area contributed by atoms with Gasteiger partial charge in [0.1, 0.15) is 0 Å². The Hall–Kier alpha value is -1.10. The number of hydrogen-bond donors (Lipinski definition) is 1. The Morgan fingerprint density at radius 1 is 1.60 bits per heavy atom. The first-order valence-corrected chi connectivity index (χ1v) is 5.46. The number of H-pyrrole nitrogens is 1. The Bertz CT molecular complexity index is 369. The molecule has 0 aliphatic carbocycles. The zero-order chi connectivity index (χ0) is 10.8. The van der Waals surface area contributed by atoms with Gasteiger partial charge >= 0.3 is 5.76 Å². The van der Waals surface area contributed by atoms with E-state index < -0.39 is 5.76 Å². The molecule has 1 N–H and O–H groups in total. The number of hydrogen-bond acceptors (Lipinski definition) is 4. The highest BCUT2D eigenvalue weighted by molar-refractivity contribution is 4.96. The van der Waals surface area contributed by atoms with Gasteiger partial charge in [0.05, 0.1) is 0 Å². The lowest BCUT2D eigenvalue weighted by molar-refractivity contribution is 0.163. The van der Waals surface area contributed by atoms with Crippen molar-refractivity contribution < 1.29 is 4.52 Å². The third-order valence-corrected chi connectivity index (χ3v) is 3.03. The maximum absolute atomic E-state index is 10.8. The van der Waals surface area contributed by atoms with Gasteiger partial charge in [-0.3, -0.25) is 9.51 Å². The number of piperidine rings is 1. The first kappa shape index (κ1) is 10.4. The summed E-state index contributed by atoms with van der Waals surface area (Å²) in [6.07, 6.45) is 2.23. The Balaban J connectivity index is 2.07. The molecule has 0 saturated carbocycles. The number of likely N-dealkylation sites (tertiary alicyclic amines) is 1. The zero-order valence-corrected chi connectivity index (χ0v) is 9.19. The van der Waals surface area contributed by atoms with Crippen LogP contribution in [0.5, 0.6) is 0 Å². The van der Waals surface area contributed by atoms with Gasteiger partial charge in [0.2, 0.25) is 0 Å². The van der Waals surface area contributed by atoms with Crippen LogP contribution in [0.1, 0.15) is 38.4 Å². The third-order valence-electron chi connectivity index (χ3n) is 3.03. The summed E-state index contributed by atoms with van der Waals surface area (Å²) in [7, 11) is 0. The molecule has 1 fully saturated rings. The molecule has 1 aliphatic rings. The minimum atomic E-state index is -0.452. The second-order valence-corrected chi connectivity index (χ2v) is 4.41. The van der Waals surface area contributed by atoms with Crippen LogP contribution >= 0.6 is 0 Å². The van der Waals surface area contributed by atoms with E-state index in [0.29, 0.717) is 17.8 Å². The second-order valence-electron chi connectivity index (χ2n) is 4.41. The Kier molecular flexibility index (Phi) is 2.90. The molecule has 2 rings (SSSR count). The quantitative estimate of drug-likeness (QED) is 0.791. The lowest BCUT2D eigenvalue weighted by Crippen LogP contribution is -2.39. The molecule has 0 bridgehead atoms. The molecule has 1 aliphatic heterocycles. The van der Waals surface area contributed by atoms with Crippen molar-refractivity contribution in [2.45, 2.75) is 38.6 Å². The van der Waals surface area contributed by atoms with Gasteiger partial charge < -0.3 is 4.90 Å². The molecule has 1 unspecified atom stereocenters. The molecule has 15 heavy (non-hydrogen) atoms. The summed E-state index contributed by atoms with van der Waals surface area (Å²) in [5.74, 6) is 0.560. The van der Waals surface area contributed by atoms with Crippen LogP contribution in [0, 0.1) is 0 Å². The van der Waals surface area contributed by atoms with E-state index in [4.69, 9.17) is 0 Å². The van der Waals surface area contributed by atoms with Crippen LogP contribution in [0.15, 0.2) is 9.32 Å². The lowest BCUT2D eigenvalue weighted by Gasteiger charge is -2.34. The van der Waals surface area contributed by atoms with E-state index in [9.17, 15) is 4.79 Å². The molecule has 84 valence electrons. The molecular formula is C10H17N3O2. The minimum absolute atomic E-state index is 0.313. The second kappa shape index (κ2) is 4.18. The zero-order valence-electron chi connectivity index (χ0n) is 9.19. The minimum Gasteiger partial charge on any atom is -0.300 e. The van der Waals surface area contributed by atoms with Crippen LogP contribution in [-0.4, -0.2) is 34.2 Å². The fraction of sp³-hybridized carbons (Fsp3) is 0.800. The van der Waals surface area contributed by atoms with E-state index in [1.165, 1.54) is 0 Å². The Morgan fingerprint density at radius 3 is 3.00 bits per heavy atom.